The Morgan fingerprint density at radius 1 is 1.33 bits per heavy atom. The summed E-state index contributed by atoms with van der Waals surface area (Å²) in [6, 6.07) is 6.45. The summed E-state index contributed by atoms with van der Waals surface area (Å²) < 4.78 is 15.3. The van der Waals surface area contributed by atoms with Gasteiger partial charge in [0.15, 0.2) is 5.65 Å². The Labute approximate surface area is 142 Å². The Morgan fingerprint density at radius 2 is 2.12 bits per heavy atom. The fraction of sp³-hybridized carbons (Fsp3) is 0.250. The first-order valence-corrected chi connectivity index (χ1v) is 8.27. The Morgan fingerprint density at radius 3 is 2.92 bits per heavy atom. The molecule has 124 valence electrons. The van der Waals surface area contributed by atoms with E-state index in [1.165, 1.54) is 29.1 Å². The molecule has 3 aromatic rings. The first-order chi connectivity index (χ1) is 11.6. The minimum absolute atomic E-state index is 0.0982. The fourth-order valence-electron chi connectivity index (χ4n) is 2.27. The number of fused-ring (bicyclic) bond motifs is 1. The van der Waals surface area contributed by atoms with E-state index in [9.17, 15) is 9.18 Å². The van der Waals surface area contributed by atoms with Crippen molar-refractivity contribution in [1.82, 2.24) is 24.6 Å². The van der Waals surface area contributed by atoms with Gasteiger partial charge < -0.3 is 4.90 Å². The molecule has 0 aliphatic heterocycles. The molecule has 0 saturated carbocycles. The average molecular weight is 345 g/mol. The van der Waals surface area contributed by atoms with Gasteiger partial charge in [0, 0.05) is 26.2 Å². The molecule has 6 nitrogen and oxygen atoms in total. The molecule has 0 aliphatic rings. The number of rotatable bonds is 5. The second-order valence-electron chi connectivity index (χ2n) is 5.31. The fourth-order valence-corrected chi connectivity index (χ4v) is 3.17. The summed E-state index contributed by atoms with van der Waals surface area (Å²) in [4.78, 5) is 22.2. The third-order valence-corrected chi connectivity index (χ3v) is 4.61. The van der Waals surface area contributed by atoms with Crippen molar-refractivity contribution in [2.75, 3.05) is 12.8 Å². The molecular formula is C16H16FN5OS. The van der Waals surface area contributed by atoms with Gasteiger partial charge in [-0.1, -0.05) is 30.0 Å². The molecule has 0 radical (unpaired) electrons. The predicted molar refractivity (Wildman–Crippen MR) is 89.9 cm³/mol. The number of hydrogen-bond acceptors (Lipinski definition) is 5. The van der Waals surface area contributed by atoms with Crippen molar-refractivity contribution in [3.05, 3.63) is 48.2 Å². The van der Waals surface area contributed by atoms with E-state index in [0.29, 0.717) is 10.6 Å². The summed E-state index contributed by atoms with van der Waals surface area (Å²) in [5.74, 6) is -0.192. The van der Waals surface area contributed by atoms with Gasteiger partial charge in [-0.2, -0.15) is 5.10 Å². The lowest BCUT2D eigenvalue weighted by Gasteiger charge is -2.17. The smallest absolute Gasteiger partial charge is 0.233 e. The molecule has 0 aliphatic carbocycles. The van der Waals surface area contributed by atoms with Crippen molar-refractivity contribution >= 4 is 28.7 Å². The molecule has 0 atom stereocenters. The van der Waals surface area contributed by atoms with E-state index in [1.54, 1.807) is 43.2 Å². The molecule has 0 saturated heterocycles. The zero-order chi connectivity index (χ0) is 17.1. The van der Waals surface area contributed by atoms with Gasteiger partial charge in [0.2, 0.25) is 5.91 Å². The van der Waals surface area contributed by atoms with E-state index < -0.39 is 0 Å². The topological polar surface area (TPSA) is 63.9 Å². The molecule has 0 unspecified atom stereocenters. The summed E-state index contributed by atoms with van der Waals surface area (Å²) in [6.07, 6.45) is 3.14. The maximum absolute atomic E-state index is 13.7. The summed E-state index contributed by atoms with van der Waals surface area (Å²) in [5.41, 5.74) is 1.22. The van der Waals surface area contributed by atoms with E-state index >= 15 is 0 Å². The highest BCUT2D eigenvalue weighted by Crippen LogP contribution is 2.24. The molecule has 8 heteroatoms. The van der Waals surface area contributed by atoms with E-state index in [-0.39, 0.29) is 24.0 Å². The molecule has 3 rings (SSSR count). The van der Waals surface area contributed by atoms with Crippen LogP contribution in [0.5, 0.6) is 0 Å². The van der Waals surface area contributed by atoms with Gasteiger partial charge in [-0.05, 0) is 6.07 Å². The van der Waals surface area contributed by atoms with Crippen LogP contribution in [0, 0.1) is 5.82 Å². The Kier molecular flexibility index (Phi) is 4.75. The SMILES string of the molecule is CN(Cc1ccccc1F)C(=O)CSc1ncnc2c1cnn2C. The van der Waals surface area contributed by atoms with Crippen LogP contribution in [0.1, 0.15) is 5.56 Å². The highest BCUT2D eigenvalue weighted by atomic mass is 32.2. The van der Waals surface area contributed by atoms with Crippen molar-refractivity contribution < 1.29 is 9.18 Å². The van der Waals surface area contributed by atoms with Gasteiger partial charge in [0.25, 0.3) is 0 Å². The van der Waals surface area contributed by atoms with Crippen molar-refractivity contribution in [2.24, 2.45) is 7.05 Å². The molecule has 2 heterocycles. The quantitative estimate of drug-likeness (QED) is 0.524. The average Bonchev–Trinajstić information content (AvgIpc) is 2.96. The van der Waals surface area contributed by atoms with Crippen molar-refractivity contribution in [3.8, 4) is 0 Å². The number of nitrogens with zero attached hydrogens (tertiary/aromatic N) is 5. The zero-order valence-corrected chi connectivity index (χ0v) is 14.1. The van der Waals surface area contributed by atoms with Gasteiger partial charge in [0.05, 0.1) is 17.3 Å². The largest absolute Gasteiger partial charge is 0.341 e. The monoisotopic (exact) mass is 345 g/mol. The van der Waals surface area contributed by atoms with E-state index in [0.717, 1.165) is 11.0 Å². The summed E-state index contributed by atoms with van der Waals surface area (Å²) in [6.45, 7) is 0.234. The van der Waals surface area contributed by atoms with Gasteiger partial charge in [0.1, 0.15) is 17.2 Å². The first kappa shape index (κ1) is 16.4. The lowest BCUT2D eigenvalue weighted by Crippen LogP contribution is -2.28. The number of hydrogen-bond donors (Lipinski definition) is 0. The Bertz CT molecular complexity index is 882. The van der Waals surface area contributed by atoms with Crippen molar-refractivity contribution in [1.29, 1.82) is 0 Å². The normalized spacial score (nSPS) is 11.0. The van der Waals surface area contributed by atoms with Crippen LogP contribution in [-0.4, -0.2) is 43.4 Å². The van der Waals surface area contributed by atoms with E-state index in [2.05, 4.69) is 15.1 Å². The summed E-state index contributed by atoms with van der Waals surface area (Å²) in [7, 11) is 3.46. The van der Waals surface area contributed by atoms with Crippen LogP contribution >= 0.6 is 11.8 Å². The van der Waals surface area contributed by atoms with Crippen LogP contribution < -0.4 is 0 Å². The van der Waals surface area contributed by atoms with Gasteiger partial charge in [-0.15, -0.1) is 0 Å². The third kappa shape index (κ3) is 3.38. The van der Waals surface area contributed by atoms with Crippen LogP contribution in [0.3, 0.4) is 0 Å². The predicted octanol–water partition coefficient (Wildman–Crippen LogP) is 2.25. The lowest BCUT2D eigenvalue weighted by atomic mass is 10.2. The van der Waals surface area contributed by atoms with Crippen molar-refractivity contribution in [3.63, 3.8) is 0 Å². The second kappa shape index (κ2) is 6.96. The molecule has 0 bridgehead atoms. The summed E-state index contributed by atoms with van der Waals surface area (Å²) >= 11 is 1.33. The third-order valence-electron chi connectivity index (χ3n) is 3.62. The van der Waals surface area contributed by atoms with E-state index in [1.807, 2.05) is 0 Å². The van der Waals surface area contributed by atoms with Gasteiger partial charge >= 0.3 is 0 Å². The molecule has 0 fully saturated rings. The summed E-state index contributed by atoms with van der Waals surface area (Å²) in [5, 5.41) is 5.67. The van der Waals surface area contributed by atoms with Crippen LogP contribution in [0.4, 0.5) is 4.39 Å². The molecular weight excluding hydrogens is 329 g/mol. The Balaban J connectivity index is 1.65. The van der Waals surface area contributed by atoms with Crippen LogP contribution in [-0.2, 0) is 18.4 Å². The maximum Gasteiger partial charge on any atom is 0.233 e. The minimum Gasteiger partial charge on any atom is -0.341 e. The van der Waals surface area contributed by atoms with E-state index in [4.69, 9.17) is 0 Å². The maximum atomic E-state index is 13.7. The van der Waals surface area contributed by atoms with Crippen LogP contribution in [0.15, 0.2) is 41.8 Å². The molecule has 1 amide bonds. The number of amides is 1. The molecule has 0 N–H and O–H groups in total. The van der Waals surface area contributed by atoms with Gasteiger partial charge in [-0.25, -0.2) is 14.4 Å². The van der Waals surface area contributed by atoms with Gasteiger partial charge in [-0.3, -0.25) is 9.48 Å². The number of aryl methyl sites for hydroxylation is 1. The van der Waals surface area contributed by atoms with Crippen LogP contribution in [0.25, 0.3) is 11.0 Å². The van der Waals surface area contributed by atoms with Crippen LogP contribution in [0.2, 0.25) is 0 Å². The van der Waals surface area contributed by atoms with Crippen molar-refractivity contribution in [2.45, 2.75) is 11.6 Å². The minimum atomic E-state index is -0.308. The molecule has 1 aromatic carbocycles. The number of thioether (sulfide) groups is 1. The lowest BCUT2D eigenvalue weighted by molar-refractivity contribution is -0.127. The number of halogens is 1. The second-order valence-corrected chi connectivity index (χ2v) is 6.28. The number of aromatic nitrogens is 4. The molecule has 24 heavy (non-hydrogen) atoms. The first-order valence-electron chi connectivity index (χ1n) is 7.29. The highest BCUT2D eigenvalue weighted by molar-refractivity contribution is 8.00. The molecule has 0 spiro atoms. The molecule has 2 aromatic heterocycles. The number of benzene rings is 1. The Hall–Kier alpha value is -2.48. The number of carbonyl (C=O) groups is 1. The standard InChI is InChI=1S/C16H16FN5OS/c1-21(8-11-5-3-4-6-13(11)17)14(23)9-24-16-12-7-20-22(2)15(12)18-10-19-16/h3-7,10H,8-9H2,1-2H3. The zero-order valence-electron chi connectivity index (χ0n) is 13.3. The number of carbonyl (C=O) groups excluding carboxylic acids is 1. The highest BCUT2D eigenvalue weighted by Gasteiger charge is 2.14.